The smallest absolute Gasteiger partial charge is 0.145 e. The average Bonchev–Trinajstić information content (AvgIpc) is 2.06. The molecule has 12 heavy (non-hydrogen) atoms. The van der Waals surface area contributed by atoms with Crippen molar-refractivity contribution in [2.45, 2.75) is 0 Å². The fraction of sp³-hybridized carbons (Fsp3) is 0. The highest BCUT2D eigenvalue weighted by Gasteiger charge is 1.92. The molecule has 1 heterocycles. The Morgan fingerprint density at radius 3 is 2.00 bits per heavy atom. The first kappa shape index (κ1) is 7.80. The summed E-state index contributed by atoms with van der Waals surface area (Å²) in [6.45, 7) is 0. The SMILES string of the molecule is [N-]=[N+]=Nc1cncc(N=[N+]=[N-])n1. The van der Waals surface area contributed by atoms with Crippen molar-refractivity contribution in [1.29, 1.82) is 0 Å². The van der Waals surface area contributed by atoms with Gasteiger partial charge in [-0.3, -0.25) is 4.98 Å². The minimum absolute atomic E-state index is 0.0717. The lowest BCUT2D eigenvalue weighted by Gasteiger charge is -1.89. The Morgan fingerprint density at radius 2 is 1.58 bits per heavy atom. The molecule has 1 aromatic heterocycles. The van der Waals surface area contributed by atoms with E-state index in [2.05, 4.69) is 30.0 Å². The molecule has 0 amide bonds. The Bertz CT molecular complexity index is 337. The maximum Gasteiger partial charge on any atom is 0.145 e. The first-order valence-corrected chi connectivity index (χ1v) is 2.79. The highest BCUT2D eigenvalue weighted by atomic mass is 15.2. The number of hydrogen-bond donors (Lipinski definition) is 0. The zero-order valence-electron chi connectivity index (χ0n) is 5.73. The van der Waals surface area contributed by atoms with Crippen molar-refractivity contribution < 1.29 is 0 Å². The molecular formula is C4H2N8. The molecule has 1 aromatic rings. The van der Waals surface area contributed by atoms with Crippen LogP contribution in [0.15, 0.2) is 22.6 Å². The van der Waals surface area contributed by atoms with Crippen molar-refractivity contribution in [3.63, 3.8) is 0 Å². The molecule has 0 saturated heterocycles. The summed E-state index contributed by atoms with van der Waals surface area (Å²) in [5, 5.41) is 6.35. The van der Waals surface area contributed by atoms with Crippen molar-refractivity contribution in [3.8, 4) is 0 Å². The van der Waals surface area contributed by atoms with Gasteiger partial charge in [-0.05, 0) is 21.3 Å². The first-order chi connectivity index (χ1) is 5.86. The van der Waals surface area contributed by atoms with Gasteiger partial charge in [0.15, 0.2) is 0 Å². The zero-order valence-corrected chi connectivity index (χ0v) is 5.73. The van der Waals surface area contributed by atoms with Crippen LogP contribution in [0.1, 0.15) is 0 Å². The summed E-state index contributed by atoms with van der Waals surface area (Å²) in [5.41, 5.74) is 16.1. The summed E-state index contributed by atoms with van der Waals surface area (Å²) >= 11 is 0. The first-order valence-electron chi connectivity index (χ1n) is 2.79. The molecule has 0 bridgehead atoms. The maximum atomic E-state index is 8.03. The average molecular weight is 162 g/mol. The second-order valence-electron chi connectivity index (χ2n) is 1.61. The van der Waals surface area contributed by atoms with Gasteiger partial charge in [-0.15, -0.1) is 0 Å². The van der Waals surface area contributed by atoms with Crippen LogP contribution in [0.4, 0.5) is 11.6 Å². The summed E-state index contributed by atoms with van der Waals surface area (Å²) in [5.74, 6) is 0.143. The van der Waals surface area contributed by atoms with E-state index >= 15 is 0 Å². The Labute approximate surface area is 66.1 Å². The summed E-state index contributed by atoms with van der Waals surface area (Å²) < 4.78 is 0. The molecule has 0 aliphatic rings. The fourth-order valence-corrected chi connectivity index (χ4v) is 0.534. The highest BCUT2D eigenvalue weighted by molar-refractivity contribution is 5.32. The van der Waals surface area contributed by atoms with Gasteiger partial charge < -0.3 is 0 Å². The van der Waals surface area contributed by atoms with E-state index in [1.165, 1.54) is 12.4 Å². The van der Waals surface area contributed by atoms with Gasteiger partial charge in [-0.1, -0.05) is 0 Å². The quantitative estimate of drug-likeness (QED) is 0.376. The van der Waals surface area contributed by atoms with Crippen LogP contribution in [0.2, 0.25) is 0 Å². The van der Waals surface area contributed by atoms with Crippen LogP contribution in [0.5, 0.6) is 0 Å². The molecule has 0 unspecified atom stereocenters. The van der Waals surface area contributed by atoms with Gasteiger partial charge in [0.2, 0.25) is 0 Å². The third kappa shape index (κ3) is 1.84. The van der Waals surface area contributed by atoms with Crippen molar-refractivity contribution in [1.82, 2.24) is 9.97 Å². The molecule has 0 atom stereocenters. The summed E-state index contributed by atoms with van der Waals surface area (Å²) in [6, 6.07) is 0. The number of rotatable bonds is 2. The van der Waals surface area contributed by atoms with E-state index in [0.717, 1.165) is 0 Å². The standard InChI is InChI=1S/C4H2N8/c5-11-9-3-1-7-2-4(8-3)10-12-6/h1-2H. The molecule has 0 fully saturated rings. The summed E-state index contributed by atoms with van der Waals surface area (Å²) in [4.78, 5) is 12.3. The maximum absolute atomic E-state index is 8.03. The second kappa shape index (κ2) is 3.77. The lowest BCUT2D eigenvalue weighted by atomic mass is 10.6. The number of hydrogen-bond acceptors (Lipinski definition) is 4. The van der Waals surface area contributed by atoms with Gasteiger partial charge in [0.1, 0.15) is 11.6 Å². The topological polar surface area (TPSA) is 123 Å². The zero-order chi connectivity index (χ0) is 8.81. The van der Waals surface area contributed by atoms with E-state index in [-0.39, 0.29) is 11.6 Å². The molecule has 0 N–H and O–H groups in total. The predicted molar refractivity (Wildman–Crippen MR) is 39.6 cm³/mol. The molecule has 0 aliphatic heterocycles. The van der Waals surface area contributed by atoms with Crippen molar-refractivity contribution in [3.05, 3.63) is 33.3 Å². The van der Waals surface area contributed by atoms with Crippen molar-refractivity contribution in [2.75, 3.05) is 0 Å². The lowest BCUT2D eigenvalue weighted by molar-refractivity contribution is 1.14. The molecule has 0 saturated carbocycles. The normalized spacial score (nSPS) is 8.00. The molecule has 8 heteroatoms. The van der Waals surface area contributed by atoms with Crippen LogP contribution in [-0.2, 0) is 0 Å². The van der Waals surface area contributed by atoms with E-state index in [0.29, 0.717) is 0 Å². The molecule has 58 valence electrons. The van der Waals surface area contributed by atoms with Crippen LogP contribution >= 0.6 is 0 Å². The van der Waals surface area contributed by atoms with Crippen molar-refractivity contribution in [2.24, 2.45) is 10.2 Å². The molecule has 1 rings (SSSR count). The molecule has 0 radical (unpaired) electrons. The molecular weight excluding hydrogens is 160 g/mol. The fourth-order valence-electron chi connectivity index (χ4n) is 0.534. The minimum atomic E-state index is 0.0717. The van der Waals surface area contributed by atoms with Gasteiger partial charge in [0, 0.05) is 9.82 Å². The second-order valence-corrected chi connectivity index (χ2v) is 1.61. The predicted octanol–water partition coefficient (Wildman–Crippen LogP) is 2.36. The Hall–Kier alpha value is -2.30. The molecule has 0 aromatic carbocycles. The summed E-state index contributed by atoms with van der Waals surface area (Å²) in [6.07, 6.45) is 2.52. The van der Waals surface area contributed by atoms with Crippen molar-refractivity contribution >= 4 is 11.6 Å². The van der Waals surface area contributed by atoms with E-state index in [1.807, 2.05) is 0 Å². The van der Waals surface area contributed by atoms with E-state index in [1.54, 1.807) is 0 Å². The monoisotopic (exact) mass is 162 g/mol. The molecule has 8 nitrogen and oxygen atoms in total. The Balaban J connectivity index is 3.11. The van der Waals surface area contributed by atoms with E-state index in [4.69, 9.17) is 11.1 Å². The van der Waals surface area contributed by atoms with Crippen LogP contribution in [0, 0.1) is 0 Å². The van der Waals surface area contributed by atoms with Crippen LogP contribution in [-0.4, -0.2) is 9.97 Å². The number of aromatic nitrogens is 2. The van der Waals surface area contributed by atoms with E-state index in [9.17, 15) is 0 Å². The van der Waals surface area contributed by atoms with Crippen LogP contribution in [0.25, 0.3) is 20.9 Å². The van der Waals surface area contributed by atoms with Gasteiger partial charge in [-0.2, -0.15) is 0 Å². The molecule has 0 aliphatic carbocycles. The van der Waals surface area contributed by atoms with Crippen LogP contribution in [0.3, 0.4) is 0 Å². The molecule has 0 spiro atoms. The summed E-state index contributed by atoms with van der Waals surface area (Å²) in [7, 11) is 0. The van der Waals surface area contributed by atoms with Gasteiger partial charge in [0.25, 0.3) is 0 Å². The minimum Gasteiger partial charge on any atom is -0.261 e. The number of azide groups is 2. The van der Waals surface area contributed by atoms with E-state index < -0.39 is 0 Å². The Kier molecular flexibility index (Phi) is 2.45. The lowest BCUT2D eigenvalue weighted by Crippen LogP contribution is -1.75. The Morgan fingerprint density at radius 1 is 1.08 bits per heavy atom. The van der Waals surface area contributed by atoms with Gasteiger partial charge >= 0.3 is 0 Å². The number of nitrogens with zero attached hydrogens (tertiary/aromatic N) is 8. The van der Waals surface area contributed by atoms with Gasteiger partial charge in [-0.25, -0.2) is 4.98 Å². The third-order valence-electron chi connectivity index (χ3n) is 0.903. The third-order valence-corrected chi connectivity index (χ3v) is 0.903. The highest BCUT2D eigenvalue weighted by Crippen LogP contribution is 2.12. The van der Waals surface area contributed by atoms with Gasteiger partial charge in [0.05, 0.1) is 12.4 Å². The largest absolute Gasteiger partial charge is 0.261 e. The van der Waals surface area contributed by atoms with Crippen LogP contribution < -0.4 is 0 Å².